The Morgan fingerprint density at radius 1 is 1.38 bits per heavy atom. The number of benzene rings is 1. The van der Waals surface area contributed by atoms with Crippen LogP contribution in [0.1, 0.15) is 37.0 Å². The lowest BCUT2D eigenvalue weighted by molar-refractivity contribution is 0.104. The van der Waals surface area contributed by atoms with Crippen LogP contribution in [-0.2, 0) is 0 Å². The van der Waals surface area contributed by atoms with Crippen molar-refractivity contribution in [3.63, 3.8) is 0 Å². The summed E-state index contributed by atoms with van der Waals surface area (Å²) in [7, 11) is 0. The van der Waals surface area contributed by atoms with Gasteiger partial charge < -0.3 is 9.32 Å². The molecule has 124 valence electrons. The van der Waals surface area contributed by atoms with Crippen molar-refractivity contribution in [3.8, 4) is 0 Å². The fourth-order valence-electron chi connectivity index (χ4n) is 2.53. The molecule has 0 amide bonds. The van der Waals surface area contributed by atoms with Gasteiger partial charge >= 0.3 is 0 Å². The molecule has 0 atom stereocenters. The zero-order chi connectivity index (χ0) is 17.1. The Morgan fingerprint density at radius 2 is 2.21 bits per heavy atom. The number of nitrogens with zero attached hydrogens (tertiary/aromatic N) is 1. The Morgan fingerprint density at radius 3 is 2.96 bits per heavy atom. The maximum atomic E-state index is 12.7. The van der Waals surface area contributed by atoms with E-state index < -0.39 is 0 Å². The van der Waals surface area contributed by atoms with E-state index in [2.05, 4.69) is 24.6 Å². The standard InChI is InChI=1S/C20H21NO2S/c1-4-5-9-21-13-19(14(2)3)24-20(21)12-17(22)15-6-7-18-16(11-15)8-10-23-18/h6-8,10-13H,2,4-5,9H2,1,3H3/b20-12-. The average Bonchev–Trinajstić information content (AvgIpc) is 3.18. The molecule has 2 heterocycles. The first kappa shape index (κ1) is 16.7. The first-order valence-corrected chi connectivity index (χ1v) is 8.95. The Kier molecular flexibility index (Phi) is 4.95. The van der Waals surface area contributed by atoms with Crippen molar-refractivity contribution in [2.75, 3.05) is 6.54 Å². The molecular weight excluding hydrogens is 318 g/mol. The van der Waals surface area contributed by atoms with Crippen molar-refractivity contribution in [1.29, 1.82) is 0 Å². The van der Waals surface area contributed by atoms with E-state index in [-0.39, 0.29) is 5.78 Å². The highest BCUT2D eigenvalue weighted by Gasteiger charge is 2.21. The van der Waals surface area contributed by atoms with E-state index in [1.54, 1.807) is 24.1 Å². The van der Waals surface area contributed by atoms with Crippen LogP contribution in [0.4, 0.5) is 0 Å². The molecular formula is C20H21NO2S. The van der Waals surface area contributed by atoms with E-state index >= 15 is 0 Å². The van der Waals surface area contributed by atoms with Gasteiger partial charge in [-0.25, -0.2) is 0 Å². The minimum absolute atomic E-state index is 0.0125. The molecule has 4 heteroatoms. The molecule has 0 N–H and O–H groups in total. The summed E-state index contributed by atoms with van der Waals surface area (Å²) in [4.78, 5) is 15.9. The topological polar surface area (TPSA) is 33.5 Å². The molecule has 1 aliphatic rings. The first-order valence-electron chi connectivity index (χ1n) is 8.14. The Bertz CT molecular complexity index is 844. The molecule has 1 aromatic heterocycles. The summed E-state index contributed by atoms with van der Waals surface area (Å²) >= 11 is 1.61. The van der Waals surface area contributed by atoms with Gasteiger partial charge in [-0.05, 0) is 43.2 Å². The third-order valence-electron chi connectivity index (χ3n) is 3.94. The number of rotatable bonds is 6. The molecule has 1 aliphatic heterocycles. The number of hydrogen-bond donors (Lipinski definition) is 0. The number of carbonyl (C=O) groups excluding carboxylic acids is 1. The lowest BCUT2D eigenvalue weighted by Gasteiger charge is -2.16. The maximum absolute atomic E-state index is 12.7. The Hall–Kier alpha value is -2.20. The van der Waals surface area contributed by atoms with Crippen molar-refractivity contribution in [2.45, 2.75) is 26.7 Å². The quantitative estimate of drug-likeness (QED) is 0.497. The molecule has 0 spiro atoms. The molecule has 3 rings (SSSR count). The molecule has 0 aliphatic carbocycles. The minimum Gasteiger partial charge on any atom is -0.464 e. The van der Waals surface area contributed by atoms with Gasteiger partial charge in [-0.3, -0.25) is 4.79 Å². The first-order chi connectivity index (χ1) is 11.6. The number of hydrogen-bond acceptors (Lipinski definition) is 4. The molecule has 0 bridgehead atoms. The summed E-state index contributed by atoms with van der Waals surface area (Å²) in [5.74, 6) is 0.0125. The lowest BCUT2D eigenvalue weighted by atomic mass is 10.1. The normalized spacial score (nSPS) is 16.0. The van der Waals surface area contributed by atoms with Gasteiger partial charge in [0.15, 0.2) is 5.78 Å². The highest BCUT2D eigenvalue weighted by Crippen LogP contribution is 2.39. The summed E-state index contributed by atoms with van der Waals surface area (Å²) in [5, 5.41) is 1.92. The summed E-state index contributed by atoms with van der Waals surface area (Å²) < 4.78 is 5.33. The fourth-order valence-corrected chi connectivity index (χ4v) is 3.54. The third-order valence-corrected chi connectivity index (χ3v) is 5.17. The smallest absolute Gasteiger partial charge is 0.188 e. The summed E-state index contributed by atoms with van der Waals surface area (Å²) in [6.45, 7) is 9.09. The van der Waals surface area contributed by atoms with E-state index in [1.165, 1.54) is 0 Å². The van der Waals surface area contributed by atoms with Gasteiger partial charge in [0.1, 0.15) is 5.58 Å². The van der Waals surface area contributed by atoms with Crippen LogP contribution in [-0.4, -0.2) is 17.2 Å². The fraction of sp³-hybridized carbons (Fsp3) is 0.250. The van der Waals surface area contributed by atoms with Crippen LogP contribution in [0, 0.1) is 0 Å². The second-order valence-electron chi connectivity index (χ2n) is 5.94. The predicted octanol–water partition coefficient (Wildman–Crippen LogP) is 5.72. The zero-order valence-electron chi connectivity index (χ0n) is 14.0. The minimum atomic E-state index is 0.0125. The largest absolute Gasteiger partial charge is 0.464 e. The van der Waals surface area contributed by atoms with Crippen LogP contribution in [0.25, 0.3) is 11.0 Å². The second-order valence-corrected chi connectivity index (χ2v) is 7.00. The monoisotopic (exact) mass is 339 g/mol. The van der Waals surface area contributed by atoms with E-state index in [0.29, 0.717) is 5.56 Å². The van der Waals surface area contributed by atoms with Crippen LogP contribution in [0.15, 0.2) is 69.3 Å². The Labute approximate surface area is 146 Å². The molecule has 0 saturated heterocycles. The van der Waals surface area contributed by atoms with Crippen LogP contribution in [0.2, 0.25) is 0 Å². The highest BCUT2D eigenvalue weighted by molar-refractivity contribution is 8.07. The van der Waals surface area contributed by atoms with Gasteiger partial charge in [0, 0.05) is 34.7 Å². The number of carbonyl (C=O) groups is 1. The second kappa shape index (κ2) is 7.14. The van der Waals surface area contributed by atoms with E-state index in [0.717, 1.165) is 45.9 Å². The number of ketones is 1. The van der Waals surface area contributed by atoms with Crippen LogP contribution in [0.3, 0.4) is 0 Å². The molecule has 0 fully saturated rings. The number of thioether (sulfide) groups is 1. The third kappa shape index (κ3) is 3.49. The van der Waals surface area contributed by atoms with E-state index in [9.17, 15) is 4.79 Å². The van der Waals surface area contributed by atoms with Gasteiger partial charge in [-0.2, -0.15) is 0 Å². The van der Waals surface area contributed by atoms with Crippen molar-refractivity contribution >= 4 is 28.5 Å². The Balaban J connectivity index is 1.84. The highest BCUT2D eigenvalue weighted by atomic mass is 32.2. The molecule has 0 unspecified atom stereocenters. The summed E-state index contributed by atoms with van der Waals surface area (Å²) in [6, 6.07) is 7.41. The van der Waals surface area contributed by atoms with Crippen molar-refractivity contribution in [2.24, 2.45) is 0 Å². The summed E-state index contributed by atoms with van der Waals surface area (Å²) in [5.41, 5.74) is 2.50. The van der Waals surface area contributed by atoms with Crippen LogP contribution in [0.5, 0.6) is 0 Å². The number of furan rings is 1. The number of fused-ring (bicyclic) bond motifs is 1. The molecule has 0 saturated carbocycles. The molecule has 0 radical (unpaired) electrons. The molecule has 1 aromatic carbocycles. The average molecular weight is 339 g/mol. The molecule has 2 aromatic rings. The van der Waals surface area contributed by atoms with E-state index in [4.69, 9.17) is 4.42 Å². The number of unbranched alkanes of at least 4 members (excludes halogenated alkanes) is 1. The molecule has 24 heavy (non-hydrogen) atoms. The van der Waals surface area contributed by atoms with Gasteiger partial charge in [0.05, 0.1) is 11.3 Å². The number of allylic oxidation sites excluding steroid dienone is 2. The summed E-state index contributed by atoms with van der Waals surface area (Å²) in [6.07, 6.45) is 7.68. The predicted molar refractivity (Wildman–Crippen MR) is 101 cm³/mol. The van der Waals surface area contributed by atoms with Gasteiger partial charge in [-0.1, -0.05) is 31.7 Å². The maximum Gasteiger partial charge on any atom is 0.188 e. The van der Waals surface area contributed by atoms with Crippen molar-refractivity contribution < 1.29 is 9.21 Å². The van der Waals surface area contributed by atoms with Crippen molar-refractivity contribution in [3.05, 3.63) is 70.5 Å². The lowest BCUT2D eigenvalue weighted by Crippen LogP contribution is -2.14. The molecule has 3 nitrogen and oxygen atoms in total. The van der Waals surface area contributed by atoms with Gasteiger partial charge in [0.2, 0.25) is 0 Å². The van der Waals surface area contributed by atoms with Gasteiger partial charge in [0.25, 0.3) is 0 Å². The van der Waals surface area contributed by atoms with Crippen LogP contribution >= 0.6 is 11.8 Å². The van der Waals surface area contributed by atoms with Crippen molar-refractivity contribution in [1.82, 2.24) is 4.90 Å². The SMILES string of the molecule is C=C(C)C1=CN(CCCC)/C(=C/C(=O)c2ccc3occc3c2)S1. The zero-order valence-corrected chi connectivity index (χ0v) is 14.9. The van der Waals surface area contributed by atoms with Gasteiger partial charge in [-0.15, -0.1) is 0 Å². The van der Waals surface area contributed by atoms with E-state index in [1.807, 2.05) is 31.2 Å². The van der Waals surface area contributed by atoms with Crippen LogP contribution < -0.4 is 0 Å².